The fourth-order valence-corrected chi connectivity index (χ4v) is 5.64. The topological polar surface area (TPSA) is 128 Å². The van der Waals surface area contributed by atoms with Crippen LogP contribution in [0.5, 0.6) is 0 Å². The van der Waals surface area contributed by atoms with E-state index in [1.807, 2.05) is 13.8 Å². The third-order valence-electron chi connectivity index (χ3n) is 8.45. The molecule has 14 heteroatoms. The van der Waals surface area contributed by atoms with E-state index in [1.165, 1.54) is 4.90 Å². The van der Waals surface area contributed by atoms with E-state index in [4.69, 9.17) is 11.6 Å². The molecule has 0 aromatic carbocycles. The summed E-state index contributed by atoms with van der Waals surface area (Å²) in [6.45, 7) is 9.04. The Bertz CT molecular complexity index is 994. The van der Waals surface area contributed by atoms with Crippen LogP contribution in [0.2, 0.25) is 0 Å². The van der Waals surface area contributed by atoms with Crippen LogP contribution >= 0.6 is 11.6 Å². The molecule has 1 aliphatic carbocycles. The number of alkyl halides is 4. The summed E-state index contributed by atoms with van der Waals surface area (Å²) in [7, 11) is 0. The Balaban J connectivity index is 1.88. The predicted molar refractivity (Wildman–Crippen MR) is 130 cm³/mol. The molecule has 3 fully saturated rings. The number of amides is 5. The smallest absolute Gasteiger partial charge is 0.315 e. The van der Waals surface area contributed by atoms with E-state index in [2.05, 4.69) is 16.1 Å². The van der Waals surface area contributed by atoms with Gasteiger partial charge in [0.05, 0.1) is 12.5 Å². The summed E-state index contributed by atoms with van der Waals surface area (Å²) >= 11 is 5.36. The van der Waals surface area contributed by atoms with Gasteiger partial charge in [0.25, 0.3) is 23.4 Å². The number of hydrogen-bond donors (Lipinski definition) is 3. The number of nitrogens with zero attached hydrogens (tertiary/aromatic N) is 2. The Labute approximate surface area is 224 Å². The molecule has 214 valence electrons. The molecular formula is C24H35ClF3N5O5. The summed E-state index contributed by atoms with van der Waals surface area (Å²) in [5.41, 5.74) is -1.39. The fraction of sp³-hybridized carbons (Fsp3) is 0.792. The van der Waals surface area contributed by atoms with Gasteiger partial charge >= 0.3 is 6.43 Å². The monoisotopic (exact) mass is 565 g/mol. The summed E-state index contributed by atoms with van der Waals surface area (Å²) in [6, 6.07) is -2.47. The van der Waals surface area contributed by atoms with Gasteiger partial charge in [0.15, 0.2) is 0 Å². The Hall–Kier alpha value is -2.57. The lowest BCUT2D eigenvalue weighted by molar-refractivity contribution is -0.152. The molecule has 3 N–H and O–H groups in total. The van der Waals surface area contributed by atoms with Crippen molar-refractivity contribution in [1.82, 2.24) is 26.0 Å². The number of carbonyl (C=O) groups excluding carboxylic acids is 5. The van der Waals surface area contributed by atoms with E-state index in [1.54, 1.807) is 20.8 Å². The quantitative estimate of drug-likeness (QED) is 0.286. The van der Waals surface area contributed by atoms with Crippen LogP contribution < -0.4 is 16.1 Å². The van der Waals surface area contributed by atoms with Crippen molar-refractivity contribution in [2.75, 3.05) is 19.6 Å². The number of fused-ring (bicyclic) bond motifs is 1. The average molecular weight is 566 g/mol. The molecule has 3 rings (SSSR count). The largest absolute Gasteiger partial charge is 0.356 e. The molecule has 10 nitrogen and oxygen atoms in total. The first-order chi connectivity index (χ1) is 17.5. The van der Waals surface area contributed by atoms with Crippen molar-refractivity contribution in [3.63, 3.8) is 0 Å². The van der Waals surface area contributed by atoms with Crippen LogP contribution in [0, 0.1) is 28.6 Å². The highest BCUT2D eigenvalue weighted by atomic mass is 35.5. The fourth-order valence-electron chi connectivity index (χ4n) is 5.53. The third-order valence-corrected chi connectivity index (χ3v) is 8.63. The van der Waals surface area contributed by atoms with Crippen molar-refractivity contribution in [2.24, 2.45) is 28.6 Å². The average Bonchev–Trinajstić information content (AvgIpc) is 3.20. The van der Waals surface area contributed by atoms with Gasteiger partial charge in [-0.2, -0.15) is 8.78 Å². The maximum absolute atomic E-state index is 13.8. The van der Waals surface area contributed by atoms with Gasteiger partial charge in [-0.15, -0.1) is 0 Å². The highest BCUT2D eigenvalue weighted by molar-refractivity contribution is 6.29. The minimum Gasteiger partial charge on any atom is -0.356 e. The first-order valence-corrected chi connectivity index (χ1v) is 13.0. The molecular weight excluding hydrogens is 531 g/mol. The van der Waals surface area contributed by atoms with E-state index in [0.29, 0.717) is 24.4 Å². The second kappa shape index (κ2) is 10.9. The Morgan fingerprint density at radius 3 is 2.37 bits per heavy atom. The van der Waals surface area contributed by atoms with Gasteiger partial charge in [0.1, 0.15) is 12.1 Å². The standard InChI is InChI=1S/C24H35ClF3N5O5/c1-6-23(2,3)15(30-20(36)17(27)28)21(37)32-10-12-13(24(12,4)5)14(32)19(35)31-33(22(38)16(25)26)9-11-7-8-29-18(11)34/h11-17H,6-10H2,1-5H3,(H,29,34)(H,30,36)(H,31,35)/t11-,12-,13-,14-,15?,16?/m0/s1. The lowest BCUT2D eigenvalue weighted by Gasteiger charge is -2.39. The normalized spacial score (nSPS) is 27.3. The van der Waals surface area contributed by atoms with E-state index in [9.17, 15) is 37.1 Å². The molecule has 0 radical (unpaired) electrons. The van der Waals surface area contributed by atoms with Gasteiger partial charge in [-0.05, 0) is 35.5 Å². The zero-order chi connectivity index (χ0) is 28.7. The Morgan fingerprint density at radius 2 is 1.87 bits per heavy atom. The van der Waals surface area contributed by atoms with Crippen LogP contribution in [-0.2, 0) is 24.0 Å². The molecule has 2 heterocycles. The van der Waals surface area contributed by atoms with Gasteiger partial charge in [0.2, 0.25) is 11.8 Å². The Morgan fingerprint density at radius 1 is 1.24 bits per heavy atom. The van der Waals surface area contributed by atoms with Crippen molar-refractivity contribution in [3.05, 3.63) is 0 Å². The zero-order valence-corrected chi connectivity index (χ0v) is 22.8. The van der Waals surface area contributed by atoms with Crippen LogP contribution in [0.1, 0.15) is 47.5 Å². The lowest BCUT2D eigenvalue weighted by Crippen LogP contribution is -2.62. The van der Waals surface area contributed by atoms with Crippen molar-refractivity contribution >= 4 is 41.1 Å². The molecule has 2 unspecified atom stereocenters. The van der Waals surface area contributed by atoms with Gasteiger partial charge in [-0.3, -0.25) is 29.4 Å². The van der Waals surface area contributed by atoms with E-state index < -0.39 is 59.1 Å². The Kier molecular flexibility index (Phi) is 8.59. The maximum atomic E-state index is 13.8. The van der Waals surface area contributed by atoms with Crippen molar-refractivity contribution in [3.8, 4) is 0 Å². The molecule has 38 heavy (non-hydrogen) atoms. The van der Waals surface area contributed by atoms with Gasteiger partial charge in [-0.25, -0.2) is 9.40 Å². The first-order valence-electron chi connectivity index (χ1n) is 12.6. The molecule has 2 aliphatic heterocycles. The summed E-state index contributed by atoms with van der Waals surface area (Å²) in [5.74, 6) is -5.84. The molecule has 5 amide bonds. The highest BCUT2D eigenvalue weighted by Crippen LogP contribution is 2.65. The minimum atomic E-state index is -3.33. The SMILES string of the molecule is CCC(C)(C)C(NC(=O)C(F)F)C(=O)N1C[C@H]2[C@@H]([C@H]1C(=O)NN(C[C@@H]1CCNC1=O)C(=O)C(F)Cl)C2(C)C. The van der Waals surface area contributed by atoms with Crippen molar-refractivity contribution < 1.29 is 37.1 Å². The van der Waals surface area contributed by atoms with Crippen LogP contribution in [0.4, 0.5) is 13.2 Å². The summed E-state index contributed by atoms with van der Waals surface area (Å²) in [6.07, 6.45) is -2.62. The first kappa shape index (κ1) is 30.0. The van der Waals surface area contributed by atoms with Gasteiger partial charge in [0, 0.05) is 13.1 Å². The molecule has 0 bridgehead atoms. The third kappa shape index (κ3) is 5.72. The number of likely N-dealkylation sites (tertiary alicyclic amines) is 1. The molecule has 0 aromatic heterocycles. The zero-order valence-electron chi connectivity index (χ0n) is 22.0. The number of rotatable bonds is 9. The second-order valence-electron chi connectivity index (χ2n) is 11.5. The van der Waals surface area contributed by atoms with Crippen LogP contribution in [0.15, 0.2) is 0 Å². The lowest BCUT2D eigenvalue weighted by atomic mass is 9.80. The molecule has 0 aromatic rings. The second-order valence-corrected chi connectivity index (χ2v) is 11.9. The molecule has 1 saturated carbocycles. The van der Waals surface area contributed by atoms with Crippen molar-refractivity contribution in [2.45, 2.75) is 71.6 Å². The van der Waals surface area contributed by atoms with Crippen LogP contribution in [-0.4, -0.2) is 83.2 Å². The van der Waals surface area contributed by atoms with E-state index in [0.717, 1.165) is 0 Å². The number of hydrazine groups is 1. The summed E-state index contributed by atoms with van der Waals surface area (Å²) in [5, 5.41) is 5.39. The van der Waals surface area contributed by atoms with Gasteiger partial charge < -0.3 is 15.5 Å². The molecule has 6 atom stereocenters. The minimum absolute atomic E-state index is 0.0925. The predicted octanol–water partition coefficient (Wildman–Crippen LogP) is 1.19. The highest BCUT2D eigenvalue weighted by Gasteiger charge is 2.70. The van der Waals surface area contributed by atoms with Crippen LogP contribution in [0.25, 0.3) is 0 Å². The number of halogens is 4. The molecule has 2 saturated heterocycles. The van der Waals surface area contributed by atoms with E-state index in [-0.39, 0.29) is 36.2 Å². The molecule has 3 aliphatic rings. The number of piperidine rings is 1. The summed E-state index contributed by atoms with van der Waals surface area (Å²) in [4.78, 5) is 64.9. The number of carbonyl (C=O) groups is 5. The van der Waals surface area contributed by atoms with E-state index >= 15 is 0 Å². The van der Waals surface area contributed by atoms with Gasteiger partial charge in [-0.1, -0.05) is 46.2 Å². The number of hydrogen-bond acceptors (Lipinski definition) is 5. The van der Waals surface area contributed by atoms with Crippen LogP contribution in [0.3, 0.4) is 0 Å². The maximum Gasteiger partial charge on any atom is 0.315 e. The molecule has 0 spiro atoms. The van der Waals surface area contributed by atoms with Crippen molar-refractivity contribution in [1.29, 1.82) is 0 Å². The summed E-state index contributed by atoms with van der Waals surface area (Å²) < 4.78 is 39.9. The number of nitrogens with one attached hydrogen (secondary N) is 3.